The maximum absolute atomic E-state index is 12.3. The lowest BCUT2D eigenvalue weighted by atomic mass is 9.99. The maximum Gasteiger partial charge on any atom is 0.266 e. The van der Waals surface area contributed by atoms with Crippen LogP contribution in [0.1, 0.15) is 39.9 Å². The van der Waals surface area contributed by atoms with Crippen LogP contribution < -0.4 is 10.9 Å². The van der Waals surface area contributed by atoms with E-state index in [4.69, 9.17) is 5.26 Å². The highest BCUT2D eigenvalue weighted by atomic mass is 16.1. The SMILES string of the molecule is Cc1[nH]c(=O)c(C#N)c(C)c1CCC(=O)NCc1ccc(Cn2ccnc2)cc1. The third-order valence-corrected chi connectivity index (χ3v) is 4.96. The zero-order valence-corrected chi connectivity index (χ0v) is 16.5. The Morgan fingerprint density at radius 3 is 2.62 bits per heavy atom. The molecule has 0 fully saturated rings. The van der Waals surface area contributed by atoms with Crippen LogP contribution in [-0.2, 0) is 24.3 Å². The zero-order chi connectivity index (χ0) is 20.8. The van der Waals surface area contributed by atoms with Crippen molar-refractivity contribution in [3.8, 4) is 6.07 Å². The molecule has 0 aliphatic rings. The predicted octanol–water partition coefficient (Wildman–Crippen LogP) is 2.36. The number of rotatable bonds is 7. The average molecular weight is 389 g/mol. The van der Waals surface area contributed by atoms with E-state index >= 15 is 0 Å². The summed E-state index contributed by atoms with van der Waals surface area (Å²) in [7, 11) is 0. The second-order valence-corrected chi connectivity index (χ2v) is 7.00. The summed E-state index contributed by atoms with van der Waals surface area (Å²) in [6, 6.07) is 10.0. The Kier molecular flexibility index (Phi) is 6.25. The van der Waals surface area contributed by atoms with Crippen molar-refractivity contribution >= 4 is 5.91 Å². The van der Waals surface area contributed by atoms with Crippen molar-refractivity contribution in [2.24, 2.45) is 0 Å². The smallest absolute Gasteiger partial charge is 0.266 e. The van der Waals surface area contributed by atoms with E-state index in [9.17, 15) is 9.59 Å². The highest BCUT2D eigenvalue weighted by Crippen LogP contribution is 2.15. The fourth-order valence-electron chi connectivity index (χ4n) is 3.30. The third kappa shape index (κ3) is 4.99. The van der Waals surface area contributed by atoms with Crippen LogP contribution in [0.2, 0.25) is 0 Å². The van der Waals surface area contributed by atoms with Crippen molar-refractivity contribution in [3.05, 3.63) is 86.9 Å². The van der Waals surface area contributed by atoms with Crippen LogP contribution in [0.25, 0.3) is 0 Å². The van der Waals surface area contributed by atoms with Gasteiger partial charge in [0.1, 0.15) is 11.6 Å². The monoisotopic (exact) mass is 389 g/mol. The van der Waals surface area contributed by atoms with Crippen LogP contribution in [-0.4, -0.2) is 20.4 Å². The first-order valence-corrected chi connectivity index (χ1v) is 9.40. The van der Waals surface area contributed by atoms with Gasteiger partial charge in [-0.05, 0) is 42.5 Å². The first-order chi connectivity index (χ1) is 14.0. The molecule has 0 bridgehead atoms. The second-order valence-electron chi connectivity index (χ2n) is 7.00. The Labute approximate surface area is 169 Å². The molecule has 148 valence electrons. The number of amides is 1. The molecular weight excluding hydrogens is 366 g/mol. The molecule has 0 radical (unpaired) electrons. The fourth-order valence-corrected chi connectivity index (χ4v) is 3.30. The van der Waals surface area contributed by atoms with Crippen LogP contribution >= 0.6 is 0 Å². The van der Waals surface area contributed by atoms with E-state index in [0.717, 1.165) is 23.2 Å². The molecule has 3 aromatic rings. The molecule has 29 heavy (non-hydrogen) atoms. The number of nitriles is 1. The Bertz CT molecular complexity index is 1090. The molecule has 7 heteroatoms. The van der Waals surface area contributed by atoms with E-state index in [1.165, 1.54) is 0 Å². The van der Waals surface area contributed by atoms with Gasteiger partial charge in [0.2, 0.25) is 5.91 Å². The van der Waals surface area contributed by atoms with Crippen molar-refractivity contribution < 1.29 is 4.79 Å². The summed E-state index contributed by atoms with van der Waals surface area (Å²) >= 11 is 0. The van der Waals surface area contributed by atoms with Crippen LogP contribution in [0.5, 0.6) is 0 Å². The number of nitrogens with one attached hydrogen (secondary N) is 2. The van der Waals surface area contributed by atoms with Gasteiger partial charge in [0.15, 0.2) is 0 Å². The van der Waals surface area contributed by atoms with Crippen molar-refractivity contribution in [2.45, 2.75) is 39.8 Å². The molecule has 2 aromatic heterocycles. The molecule has 0 aliphatic carbocycles. The lowest BCUT2D eigenvalue weighted by Gasteiger charge is -2.11. The lowest BCUT2D eigenvalue weighted by molar-refractivity contribution is -0.121. The number of aromatic nitrogens is 3. The van der Waals surface area contributed by atoms with E-state index in [0.29, 0.717) is 24.2 Å². The van der Waals surface area contributed by atoms with Crippen LogP contribution in [0.3, 0.4) is 0 Å². The minimum Gasteiger partial charge on any atom is -0.352 e. The molecule has 0 aliphatic heterocycles. The van der Waals surface area contributed by atoms with Gasteiger partial charge in [-0.15, -0.1) is 0 Å². The normalized spacial score (nSPS) is 10.5. The summed E-state index contributed by atoms with van der Waals surface area (Å²) in [4.78, 5) is 30.8. The summed E-state index contributed by atoms with van der Waals surface area (Å²) < 4.78 is 2.00. The molecule has 0 atom stereocenters. The zero-order valence-electron chi connectivity index (χ0n) is 16.5. The minimum atomic E-state index is -0.382. The molecule has 2 N–H and O–H groups in total. The largest absolute Gasteiger partial charge is 0.352 e. The number of carbonyl (C=O) groups excluding carboxylic acids is 1. The topological polar surface area (TPSA) is 104 Å². The number of benzene rings is 1. The highest BCUT2D eigenvalue weighted by Gasteiger charge is 2.13. The number of aryl methyl sites for hydroxylation is 1. The number of hydrogen-bond acceptors (Lipinski definition) is 4. The minimum absolute atomic E-state index is 0.0731. The van der Waals surface area contributed by atoms with Gasteiger partial charge in [-0.3, -0.25) is 9.59 Å². The number of pyridine rings is 1. The van der Waals surface area contributed by atoms with Gasteiger partial charge >= 0.3 is 0 Å². The second kappa shape index (κ2) is 9.02. The van der Waals surface area contributed by atoms with Crippen molar-refractivity contribution in [2.75, 3.05) is 0 Å². The lowest BCUT2D eigenvalue weighted by Crippen LogP contribution is -2.24. The summed E-state index contributed by atoms with van der Waals surface area (Å²) in [5, 5.41) is 12.1. The molecule has 0 unspecified atom stereocenters. The molecule has 0 spiro atoms. The highest BCUT2D eigenvalue weighted by molar-refractivity contribution is 5.76. The number of aromatic amines is 1. The average Bonchev–Trinajstić information content (AvgIpc) is 3.20. The maximum atomic E-state index is 12.3. The van der Waals surface area contributed by atoms with Crippen molar-refractivity contribution in [1.29, 1.82) is 5.26 Å². The van der Waals surface area contributed by atoms with E-state index in [2.05, 4.69) is 15.3 Å². The molecule has 3 rings (SSSR count). The van der Waals surface area contributed by atoms with Gasteiger partial charge in [-0.25, -0.2) is 4.98 Å². The van der Waals surface area contributed by atoms with Crippen LogP contribution in [0, 0.1) is 25.2 Å². The summed E-state index contributed by atoms with van der Waals surface area (Å²) in [5.41, 5.74) is 4.11. The van der Waals surface area contributed by atoms with Gasteiger partial charge in [-0.2, -0.15) is 5.26 Å². The van der Waals surface area contributed by atoms with Crippen LogP contribution in [0.15, 0.2) is 47.8 Å². The molecule has 0 saturated carbocycles. The third-order valence-electron chi connectivity index (χ3n) is 4.96. The van der Waals surface area contributed by atoms with Gasteiger partial charge in [0.05, 0.1) is 6.33 Å². The molecule has 7 nitrogen and oxygen atoms in total. The molecular formula is C22H23N5O2. The van der Waals surface area contributed by atoms with E-state index in [1.807, 2.05) is 41.1 Å². The van der Waals surface area contributed by atoms with Crippen molar-refractivity contribution in [1.82, 2.24) is 19.9 Å². The van der Waals surface area contributed by atoms with E-state index < -0.39 is 0 Å². The molecule has 1 aromatic carbocycles. The molecule has 2 heterocycles. The fraction of sp³-hybridized carbons (Fsp3) is 0.273. The first-order valence-electron chi connectivity index (χ1n) is 9.40. The van der Waals surface area contributed by atoms with Crippen LogP contribution in [0.4, 0.5) is 0 Å². The number of nitrogens with zero attached hydrogens (tertiary/aromatic N) is 3. The summed E-state index contributed by atoms with van der Waals surface area (Å²) in [6.45, 7) is 4.75. The number of H-pyrrole nitrogens is 1. The van der Waals surface area contributed by atoms with Crippen molar-refractivity contribution in [3.63, 3.8) is 0 Å². The Morgan fingerprint density at radius 2 is 1.97 bits per heavy atom. The quantitative estimate of drug-likeness (QED) is 0.647. The molecule has 1 amide bonds. The summed E-state index contributed by atoms with van der Waals surface area (Å²) in [6.07, 6.45) is 6.20. The summed E-state index contributed by atoms with van der Waals surface area (Å²) in [5.74, 6) is -0.0731. The molecule has 0 saturated heterocycles. The first kappa shape index (κ1) is 20.1. The number of carbonyl (C=O) groups is 1. The van der Waals surface area contributed by atoms with Gasteiger partial charge in [0.25, 0.3) is 5.56 Å². The van der Waals surface area contributed by atoms with Gasteiger partial charge < -0.3 is 14.9 Å². The Hall–Kier alpha value is -3.66. The number of imidazole rings is 1. The van der Waals surface area contributed by atoms with Gasteiger partial charge in [-0.1, -0.05) is 24.3 Å². The van der Waals surface area contributed by atoms with E-state index in [-0.39, 0.29) is 23.5 Å². The standard InChI is InChI=1S/C22H23N5O2/c1-15-19(16(2)26-22(29)20(15)11-23)7-8-21(28)25-12-17-3-5-18(6-4-17)13-27-10-9-24-14-27/h3-6,9-10,14H,7-8,12-13H2,1-2H3,(H,25,28)(H,26,29). The van der Waals surface area contributed by atoms with Gasteiger partial charge in [0, 0.05) is 37.6 Å². The Morgan fingerprint density at radius 1 is 1.24 bits per heavy atom. The number of hydrogen-bond donors (Lipinski definition) is 2. The van der Waals surface area contributed by atoms with E-state index in [1.54, 1.807) is 26.4 Å². The Balaban J connectivity index is 1.53. The predicted molar refractivity (Wildman–Crippen MR) is 109 cm³/mol.